The standard InChI is InChI=1S/C12H16N2O2/c1-8(7-9(2)15)13-12-14-10-5-3-4-6-11(10)16-12/h3-6,8-9,15H,7H2,1-2H3,(H,13,14). The second-order valence-electron chi connectivity index (χ2n) is 4.12. The molecular formula is C12H16N2O2. The fourth-order valence-electron chi connectivity index (χ4n) is 1.72. The fraction of sp³-hybridized carbons (Fsp3) is 0.417. The first-order valence-electron chi connectivity index (χ1n) is 5.45. The Morgan fingerprint density at radius 3 is 2.81 bits per heavy atom. The molecule has 0 bridgehead atoms. The zero-order valence-electron chi connectivity index (χ0n) is 9.47. The van der Waals surface area contributed by atoms with Crippen LogP contribution in [0.25, 0.3) is 11.1 Å². The van der Waals surface area contributed by atoms with Crippen LogP contribution in [-0.4, -0.2) is 22.2 Å². The van der Waals surface area contributed by atoms with Crippen molar-refractivity contribution in [2.45, 2.75) is 32.4 Å². The van der Waals surface area contributed by atoms with Crippen LogP contribution in [0, 0.1) is 0 Å². The van der Waals surface area contributed by atoms with Gasteiger partial charge in [-0.1, -0.05) is 12.1 Å². The van der Waals surface area contributed by atoms with Crippen LogP contribution >= 0.6 is 0 Å². The summed E-state index contributed by atoms with van der Waals surface area (Å²) in [5.74, 6) is 0. The van der Waals surface area contributed by atoms with Crippen molar-refractivity contribution < 1.29 is 9.52 Å². The molecule has 1 heterocycles. The third kappa shape index (κ3) is 2.52. The topological polar surface area (TPSA) is 58.3 Å². The third-order valence-corrected chi connectivity index (χ3v) is 2.36. The van der Waals surface area contributed by atoms with Crippen molar-refractivity contribution in [2.24, 2.45) is 0 Å². The number of aliphatic hydroxyl groups is 1. The Morgan fingerprint density at radius 1 is 1.38 bits per heavy atom. The Kier molecular flexibility index (Phi) is 3.10. The number of nitrogens with zero attached hydrogens (tertiary/aromatic N) is 1. The smallest absolute Gasteiger partial charge is 0.295 e. The molecule has 0 spiro atoms. The summed E-state index contributed by atoms with van der Waals surface area (Å²) < 4.78 is 5.52. The van der Waals surface area contributed by atoms with Crippen LogP contribution in [0.1, 0.15) is 20.3 Å². The molecule has 16 heavy (non-hydrogen) atoms. The molecule has 2 N–H and O–H groups in total. The van der Waals surface area contributed by atoms with Gasteiger partial charge in [0.05, 0.1) is 6.10 Å². The van der Waals surface area contributed by atoms with Crippen molar-refractivity contribution in [1.82, 2.24) is 4.98 Å². The molecule has 0 saturated heterocycles. The van der Waals surface area contributed by atoms with Gasteiger partial charge in [0.15, 0.2) is 5.58 Å². The summed E-state index contributed by atoms with van der Waals surface area (Å²) in [6.45, 7) is 3.76. The average molecular weight is 220 g/mol. The lowest BCUT2D eigenvalue weighted by molar-refractivity contribution is 0.179. The molecule has 2 atom stereocenters. The zero-order chi connectivity index (χ0) is 11.5. The maximum Gasteiger partial charge on any atom is 0.295 e. The van der Waals surface area contributed by atoms with Gasteiger partial charge in [-0.25, -0.2) is 0 Å². The molecule has 4 heteroatoms. The molecule has 2 rings (SSSR count). The van der Waals surface area contributed by atoms with Gasteiger partial charge in [0, 0.05) is 6.04 Å². The van der Waals surface area contributed by atoms with E-state index in [1.807, 2.05) is 31.2 Å². The van der Waals surface area contributed by atoms with Gasteiger partial charge in [-0.3, -0.25) is 0 Å². The number of rotatable bonds is 4. The molecule has 0 aliphatic heterocycles. The second-order valence-corrected chi connectivity index (χ2v) is 4.12. The summed E-state index contributed by atoms with van der Waals surface area (Å²) in [4.78, 5) is 4.30. The van der Waals surface area contributed by atoms with E-state index >= 15 is 0 Å². The molecule has 0 aliphatic carbocycles. The molecule has 86 valence electrons. The van der Waals surface area contributed by atoms with E-state index in [4.69, 9.17) is 4.42 Å². The lowest BCUT2D eigenvalue weighted by Gasteiger charge is -2.13. The van der Waals surface area contributed by atoms with Gasteiger partial charge in [0.1, 0.15) is 5.52 Å². The Bertz CT molecular complexity index is 432. The van der Waals surface area contributed by atoms with Crippen LogP contribution in [0.3, 0.4) is 0 Å². The van der Waals surface area contributed by atoms with Crippen molar-refractivity contribution in [1.29, 1.82) is 0 Å². The van der Waals surface area contributed by atoms with Crippen LogP contribution in [0.2, 0.25) is 0 Å². The minimum Gasteiger partial charge on any atom is -0.424 e. The minimum absolute atomic E-state index is 0.132. The lowest BCUT2D eigenvalue weighted by Crippen LogP contribution is -2.20. The van der Waals surface area contributed by atoms with Crippen LogP contribution in [0.4, 0.5) is 6.01 Å². The number of anilines is 1. The maximum absolute atomic E-state index is 9.25. The first-order valence-corrected chi connectivity index (χ1v) is 5.45. The molecule has 1 aromatic carbocycles. The fourth-order valence-corrected chi connectivity index (χ4v) is 1.72. The third-order valence-electron chi connectivity index (χ3n) is 2.36. The summed E-state index contributed by atoms with van der Waals surface area (Å²) in [5.41, 5.74) is 1.61. The first-order chi connectivity index (χ1) is 7.65. The number of hydrogen-bond donors (Lipinski definition) is 2. The van der Waals surface area contributed by atoms with E-state index in [1.54, 1.807) is 6.92 Å². The number of oxazole rings is 1. The van der Waals surface area contributed by atoms with Crippen LogP contribution in [0.5, 0.6) is 0 Å². The van der Waals surface area contributed by atoms with E-state index < -0.39 is 0 Å². The van der Waals surface area contributed by atoms with Gasteiger partial charge >= 0.3 is 0 Å². The van der Waals surface area contributed by atoms with Gasteiger partial charge in [-0.2, -0.15) is 4.98 Å². The van der Waals surface area contributed by atoms with E-state index in [0.29, 0.717) is 12.4 Å². The molecule has 0 fully saturated rings. The molecule has 0 aliphatic rings. The normalized spacial score (nSPS) is 14.9. The molecule has 2 aromatic rings. The predicted molar refractivity (Wildman–Crippen MR) is 63.4 cm³/mol. The van der Waals surface area contributed by atoms with Crippen LogP contribution in [0.15, 0.2) is 28.7 Å². The van der Waals surface area contributed by atoms with E-state index in [9.17, 15) is 5.11 Å². The highest BCUT2D eigenvalue weighted by Crippen LogP contribution is 2.19. The Hall–Kier alpha value is -1.55. The van der Waals surface area contributed by atoms with E-state index in [1.165, 1.54) is 0 Å². The molecule has 4 nitrogen and oxygen atoms in total. The molecule has 0 radical (unpaired) electrons. The second kappa shape index (κ2) is 4.53. The lowest BCUT2D eigenvalue weighted by atomic mass is 10.2. The summed E-state index contributed by atoms with van der Waals surface area (Å²) in [7, 11) is 0. The van der Waals surface area contributed by atoms with Crippen molar-refractivity contribution in [3.8, 4) is 0 Å². The van der Waals surface area contributed by atoms with Gasteiger partial charge in [0.2, 0.25) is 0 Å². The Labute approximate surface area is 94.3 Å². The van der Waals surface area contributed by atoms with Gasteiger partial charge in [-0.15, -0.1) is 0 Å². The highest BCUT2D eigenvalue weighted by Gasteiger charge is 2.10. The molecule has 0 amide bonds. The Balaban J connectivity index is 2.09. The van der Waals surface area contributed by atoms with Crippen LogP contribution < -0.4 is 5.32 Å². The maximum atomic E-state index is 9.25. The van der Waals surface area contributed by atoms with Gasteiger partial charge < -0.3 is 14.8 Å². The number of fused-ring (bicyclic) bond motifs is 1. The van der Waals surface area contributed by atoms with Crippen molar-refractivity contribution in [2.75, 3.05) is 5.32 Å². The van der Waals surface area contributed by atoms with Crippen molar-refractivity contribution in [3.05, 3.63) is 24.3 Å². The zero-order valence-corrected chi connectivity index (χ0v) is 9.47. The first kappa shape index (κ1) is 11.0. The minimum atomic E-state index is -0.327. The molecule has 1 aromatic heterocycles. The van der Waals surface area contributed by atoms with Gasteiger partial charge in [0.25, 0.3) is 6.01 Å². The monoisotopic (exact) mass is 220 g/mol. The number of aromatic nitrogens is 1. The summed E-state index contributed by atoms with van der Waals surface area (Å²) in [6.07, 6.45) is 0.338. The van der Waals surface area contributed by atoms with E-state index in [0.717, 1.165) is 11.1 Å². The predicted octanol–water partition coefficient (Wildman–Crippen LogP) is 2.40. The van der Waals surface area contributed by atoms with Gasteiger partial charge in [-0.05, 0) is 32.4 Å². The number of nitrogens with one attached hydrogen (secondary N) is 1. The van der Waals surface area contributed by atoms with Crippen molar-refractivity contribution in [3.63, 3.8) is 0 Å². The average Bonchev–Trinajstić information content (AvgIpc) is 2.57. The highest BCUT2D eigenvalue weighted by atomic mass is 16.4. The number of hydrogen-bond acceptors (Lipinski definition) is 4. The van der Waals surface area contributed by atoms with E-state index in [-0.39, 0.29) is 12.1 Å². The summed E-state index contributed by atoms with van der Waals surface area (Å²) in [6, 6.07) is 8.27. The molecular weight excluding hydrogens is 204 g/mol. The number of aliphatic hydroxyl groups excluding tert-OH is 1. The number of benzene rings is 1. The number of para-hydroxylation sites is 2. The molecule has 0 saturated carbocycles. The van der Waals surface area contributed by atoms with Crippen LogP contribution in [-0.2, 0) is 0 Å². The summed E-state index contributed by atoms with van der Waals surface area (Å²) >= 11 is 0. The largest absolute Gasteiger partial charge is 0.424 e. The summed E-state index contributed by atoms with van der Waals surface area (Å²) in [5, 5.41) is 12.4. The highest BCUT2D eigenvalue weighted by molar-refractivity contribution is 5.74. The van der Waals surface area contributed by atoms with Crippen molar-refractivity contribution >= 4 is 17.1 Å². The molecule has 2 unspecified atom stereocenters. The Morgan fingerprint density at radius 2 is 2.12 bits per heavy atom. The van der Waals surface area contributed by atoms with E-state index in [2.05, 4.69) is 10.3 Å². The quantitative estimate of drug-likeness (QED) is 0.830. The SMILES string of the molecule is CC(O)CC(C)Nc1nc2ccccc2o1.